The number of thiazole rings is 1. The normalized spacial score (nSPS) is 11.9. The van der Waals surface area contributed by atoms with Gasteiger partial charge in [-0.25, -0.2) is 22.1 Å². The Morgan fingerprint density at radius 2 is 1.87 bits per heavy atom. The van der Waals surface area contributed by atoms with E-state index in [1.807, 2.05) is 0 Å². The van der Waals surface area contributed by atoms with Crippen molar-refractivity contribution in [2.75, 3.05) is 19.4 Å². The lowest BCUT2D eigenvalue weighted by Gasteiger charge is -2.11. The Balaban J connectivity index is 1.63. The van der Waals surface area contributed by atoms with E-state index in [1.54, 1.807) is 25.1 Å². The second-order valence-electron chi connectivity index (χ2n) is 6.93. The van der Waals surface area contributed by atoms with Crippen LogP contribution in [0.1, 0.15) is 16.1 Å². The zero-order valence-electron chi connectivity index (χ0n) is 16.8. The Bertz CT molecular complexity index is 1390. The number of anilines is 1. The standard InChI is InChI=1S/C20H18FN5O3S2/c1-12-11-17(26(24-12)20-23-18-15(21)5-4-6-16(18)30-20)22-19(27)13-7-9-14(10-8-13)31(28,29)25(2)3/h4-11H,1-3H3,(H,22,27). The first-order chi connectivity index (χ1) is 14.7. The molecule has 4 rings (SSSR count). The van der Waals surface area contributed by atoms with Crippen molar-refractivity contribution >= 4 is 43.3 Å². The molecule has 160 valence electrons. The summed E-state index contributed by atoms with van der Waals surface area (Å²) >= 11 is 1.25. The van der Waals surface area contributed by atoms with Crippen LogP contribution in [0, 0.1) is 12.7 Å². The summed E-state index contributed by atoms with van der Waals surface area (Å²) in [5, 5.41) is 7.53. The van der Waals surface area contributed by atoms with E-state index in [0.29, 0.717) is 21.3 Å². The summed E-state index contributed by atoms with van der Waals surface area (Å²) in [5.74, 6) is -0.503. The third-order valence-electron chi connectivity index (χ3n) is 4.51. The predicted molar refractivity (Wildman–Crippen MR) is 117 cm³/mol. The van der Waals surface area contributed by atoms with Crippen LogP contribution in [-0.4, -0.2) is 47.5 Å². The fourth-order valence-corrected chi connectivity index (χ4v) is 4.75. The fraction of sp³-hybridized carbons (Fsp3) is 0.150. The largest absolute Gasteiger partial charge is 0.306 e. The van der Waals surface area contributed by atoms with Gasteiger partial charge in [-0.1, -0.05) is 17.4 Å². The van der Waals surface area contributed by atoms with E-state index in [4.69, 9.17) is 0 Å². The van der Waals surface area contributed by atoms with E-state index in [0.717, 1.165) is 4.31 Å². The van der Waals surface area contributed by atoms with E-state index in [2.05, 4.69) is 15.4 Å². The Morgan fingerprint density at radius 1 is 1.16 bits per heavy atom. The quantitative estimate of drug-likeness (QED) is 0.493. The van der Waals surface area contributed by atoms with Gasteiger partial charge in [-0.2, -0.15) is 9.78 Å². The van der Waals surface area contributed by atoms with Gasteiger partial charge in [0.25, 0.3) is 5.91 Å². The number of rotatable bonds is 5. The van der Waals surface area contributed by atoms with Crippen LogP contribution in [0.4, 0.5) is 10.2 Å². The van der Waals surface area contributed by atoms with Crippen molar-refractivity contribution in [2.24, 2.45) is 0 Å². The highest BCUT2D eigenvalue weighted by molar-refractivity contribution is 7.89. The summed E-state index contributed by atoms with van der Waals surface area (Å²) in [6.07, 6.45) is 0. The summed E-state index contributed by atoms with van der Waals surface area (Å²) < 4.78 is 41.6. The molecule has 0 aliphatic rings. The molecule has 0 spiro atoms. The van der Waals surface area contributed by atoms with Gasteiger partial charge < -0.3 is 5.32 Å². The molecule has 0 fully saturated rings. The van der Waals surface area contributed by atoms with Gasteiger partial charge in [-0.15, -0.1) is 0 Å². The van der Waals surface area contributed by atoms with Crippen molar-refractivity contribution in [3.8, 4) is 5.13 Å². The zero-order chi connectivity index (χ0) is 22.3. The van der Waals surface area contributed by atoms with E-state index >= 15 is 0 Å². The monoisotopic (exact) mass is 459 g/mol. The number of fused-ring (bicyclic) bond motifs is 1. The van der Waals surface area contributed by atoms with Gasteiger partial charge in [-0.05, 0) is 43.3 Å². The Labute approximate surface area is 182 Å². The minimum Gasteiger partial charge on any atom is -0.306 e. The number of nitrogens with zero attached hydrogens (tertiary/aromatic N) is 4. The molecule has 1 N–H and O–H groups in total. The Kier molecular flexibility index (Phi) is 5.33. The number of aryl methyl sites for hydroxylation is 1. The molecule has 2 aromatic carbocycles. The lowest BCUT2D eigenvalue weighted by atomic mass is 10.2. The lowest BCUT2D eigenvalue weighted by Crippen LogP contribution is -2.22. The van der Waals surface area contributed by atoms with Crippen molar-refractivity contribution in [1.82, 2.24) is 19.1 Å². The van der Waals surface area contributed by atoms with Gasteiger partial charge in [0.15, 0.2) is 0 Å². The average molecular weight is 460 g/mol. The number of sulfonamides is 1. The van der Waals surface area contributed by atoms with Gasteiger partial charge in [0.1, 0.15) is 17.2 Å². The topological polar surface area (TPSA) is 97.2 Å². The molecule has 0 bridgehead atoms. The number of carbonyl (C=O) groups is 1. The molecule has 0 aliphatic carbocycles. The first kappa shape index (κ1) is 21.1. The van der Waals surface area contributed by atoms with Crippen LogP contribution in [-0.2, 0) is 10.0 Å². The second-order valence-corrected chi connectivity index (χ2v) is 10.1. The maximum atomic E-state index is 14.0. The highest BCUT2D eigenvalue weighted by atomic mass is 32.2. The smallest absolute Gasteiger partial charge is 0.256 e. The minimum absolute atomic E-state index is 0.0893. The van der Waals surface area contributed by atoms with Crippen molar-refractivity contribution in [1.29, 1.82) is 0 Å². The highest BCUT2D eigenvalue weighted by Crippen LogP contribution is 2.29. The van der Waals surface area contributed by atoms with Crippen LogP contribution < -0.4 is 5.32 Å². The first-order valence-electron chi connectivity index (χ1n) is 9.13. The summed E-state index contributed by atoms with van der Waals surface area (Å²) in [6.45, 7) is 1.76. The lowest BCUT2D eigenvalue weighted by molar-refractivity contribution is 0.102. The maximum Gasteiger partial charge on any atom is 0.256 e. The van der Waals surface area contributed by atoms with Crippen molar-refractivity contribution in [2.45, 2.75) is 11.8 Å². The van der Waals surface area contributed by atoms with Gasteiger partial charge in [0.05, 0.1) is 15.3 Å². The first-order valence-corrected chi connectivity index (χ1v) is 11.4. The molecule has 4 aromatic rings. The molecule has 8 nitrogen and oxygen atoms in total. The maximum absolute atomic E-state index is 14.0. The van der Waals surface area contributed by atoms with Crippen LogP contribution in [0.2, 0.25) is 0 Å². The molecular weight excluding hydrogens is 441 g/mol. The summed E-state index contributed by atoms with van der Waals surface area (Å²) in [7, 11) is -0.708. The summed E-state index contributed by atoms with van der Waals surface area (Å²) in [4.78, 5) is 17.1. The summed E-state index contributed by atoms with van der Waals surface area (Å²) in [6, 6.07) is 12.0. The fourth-order valence-electron chi connectivity index (χ4n) is 2.91. The molecule has 2 heterocycles. The summed E-state index contributed by atoms with van der Waals surface area (Å²) in [5.41, 5.74) is 1.16. The minimum atomic E-state index is -3.58. The Hall–Kier alpha value is -3.15. The molecule has 11 heteroatoms. The number of carbonyl (C=O) groups excluding carboxylic acids is 1. The van der Waals surface area contributed by atoms with Crippen LogP contribution >= 0.6 is 11.3 Å². The van der Waals surface area contributed by atoms with E-state index in [1.165, 1.54) is 60.4 Å². The van der Waals surface area contributed by atoms with E-state index in [-0.39, 0.29) is 16.0 Å². The third kappa shape index (κ3) is 3.94. The third-order valence-corrected chi connectivity index (χ3v) is 7.33. The van der Waals surface area contributed by atoms with Gasteiger partial charge in [0, 0.05) is 25.7 Å². The number of halogens is 1. The van der Waals surface area contributed by atoms with Gasteiger partial charge in [-0.3, -0.25) is 4.79 Å². The number of benzene rings is 2. The molecular formula is C20H18FN5O3S2. The van der Waals surface area contributed by atoms with Gasteiger partial charge in [0.2, 0.25) is 15.2 Å². The van der Waals surface area contributed by atoms with Crippen molar-refractivity contribution in [3.63, 3.8) is 0 Å². The SMILES string of the molecule is Cc1cc(NC(=O)c2ccc(S(=O)(=O)N(C)C)cc2)n(-c2nc3c(F)cccc3s2)n1. The molecule has 0 unspecified atom stereocenters. The molecule has 0 saturated heterocycles. The predicted octanol–water partition coefficient (Wildman–Crippen LogP) is 3.43. The van der Waals surface area contributed by atoms with Gasteiger partial charge >= 0.3 is 0 Å². The molecule has 0 atom stereocenters. The number of hydrogen-bond acceptors (Lipinski definition) is 6. The van der Waals surface area contributed by atoms with Crippen molar-refractivity contribution in [3.05, 3.63) is 65.6 Å². The molecule has 0 aliphatic heterocycles. The number of hydrogen-bond donors (Lipinski definition) is 1. The zero-order valence-corrected chi connectivity index (χ0v) is 18.5. The van der Waals surface area contributed by atoms with E-state index in [9.17, 15) is 17.6 Å². The van der Waals surface area contributed by atoms with Crippen LogP contribution in [0.3, 0.4) is 0 Å². The number of amides is 1. The molecule has 31 heavy (non-hydrogen) atoms. The van der Waals surface area contributed by atoms with Crippen molar-refractivity contribution < 1.29 is 17.6 Å². The highest BCUT2D eigenvalue weighted by Gasteiger charge is 2.19. The van der Waals surface area contributed by atoms with E-state index < -0.39 is 21.7 Å². The molecule has 1 amide bonds. The molecule has 0 saturated carbocycles. The molecule has 2 aromatic heterocycles. The second kappa shape index (κ2) is 7.84. The Morgan fingerprint density at radius 3 is 2.52 bits per heavy atom. The number of nitrogens with one attached hydrogen (secondary N) is 1. The number of para-hydroxylation sites is 1. The molecule has 0 radical (unpaired) electrons. The van der Waals surface area contributed by atoms with Crippen LogP contribution in [0.25, 0.3) is 15.3 Å². The average Bonchev–Trinajstić information content (AvgIpc) is 3.32. The van der Waals surface area contributed by atoms with Crippen LogP contribution in [0.5, 0.6) is 0 Å². The number of aromatic nitrogens is 3. The van der Waals surface area contributed by atoms with Crippen LogP contribution in [0.15, 0.2) is 53.4 Å².